The number of nitrogens with one attached hydrogen (secondary N) is 2. The number of anilines is 1. The van der Waals surface area contributed by atoms with Crippen LogP contribution in [0.3, 0.4) is 0 Å². The van der Waals surface area contributed by atoms with Crippen molar-refractivity contribution >= 4 is 27.8 Å². The molecule has 2 heterocycles. The average molecular weight is 348 g/mol. The summed E-state index contributed by atoms with van der Waals surface area (Å²) in [5.74, 6) is 4.56. The number of aromatic amines is 1. The summed E-state index contributed by atoms with van der Waals surface area (Å²) in [4.78, 5) is 12.7. The van der Waals surface area contributed by atoms with Crippen LogP contribution in [0.2, 0.25) is 0 Å². The number of hydrogen-bond acceptors (Lipinski definition) is 4. The number of rotatable bonds is 3. The Hall–Kier alpha value is -2.30. The second kappa shape index (κ2) is 5.12. The van der Waals surface area contributed by atoms with E-state index in [9.17, 15) is 0 Å². The second-order valence-corrected chi connectivity index (χ2v) is 8.81. The van der Waals surface area contributed by atoms with Crippen molar-refractivity contribution in [1.82, 2.24) is 15.0 Å². The molecule has 0 amide bonds. The first-order chi connectivity index (χ1) is 12.7. The topological polar surface area (TPSA) is 62.8 Å². The Morgan fingerprint density at radius 1 is 1.08 bits per heavy atom. The lowest BCUT2D eigenvalue weighted by Gasteiger charge is -2.57. The molecule has 26 heavy (non-hydrogen) atoms. The first-order valence-corrected chi connectivity index (χ1v) is 9.80. The van der Waals surface area contributed by atoms with Gasteiger partial charge in [-0.15, -0.1) is 0 Å². The van der Waals surface area contributed by atoms with Crippen molar-refractivity contribution in [3.8, 4) is 5.75 Å². The maximum atomic E-state index is 5.39. The molecule has 4 bridgehead atoms. The lowest BCUT2D eigenvalue weighted by molar-refractivity contribution is 0.0106. The minimum Gasteiger partial charge on any atom is -0.497 e. The molecule has 0 aliphatic heterocycles. The van der Waals surface area contributed by atoms with Gasteiger partial charge >= 0.3 is 0 Å². The van der Waals surface area contributed by atoms with E-state index in [1.807, 2.05) is 6.07 Å². The predicted molar refractivity (Wildman–Crippen MR) is 102 cm³/mol. The van der Waals surface area contributed by atoms with E-state index in [4.69, 9.17) is 4.74 Å². The van der Waals surface area contributed by atoms with E-state index in [2.05, 4.69) is 32.4 Å². The van der Waals surface area contributed by atoms with E-state index in [1.165, 1.54) is 38.5 Å². The van der Waals surface area contributed by atoms with Crippen LogP contribution in [-0.4, -0.2) is 27.6 Å². The van der Waals surface area contributed by atoms with Gasteiger partial charge in [0, 0.05) is 16.4 Å². The summed E-state index contributed by atoms with van der Waals surface area (Å²) in [6.45, 7) is 0. The fourth-order valence-corrected chi connectivity index (χ4v) is 6.41. The van der Waals surface area contributed by atoms with Gasteiger partial charge in [0.2, 0.25) is 0 Å². The molecule has 4 saturated carbocycles. The van der Waals surface area contributed by atoms with Gasteiger partial charge < -0.3 is 15.0 Å². The SMILES string of the molecule is COc1ccc2[nH]c3c(NC45CC6CC(CC(C6)C4)C5)ncnc3c2c1. The summed E-state index contributed by atoms with van der Waals surface area (Å²) >= 11 is 0. The van der Waals surface area contributed by atoms with Crippen molar-refractivity contribution < 1.29 is 4.74 Å². The van der Waals surface area contributed by atoms with Gasteiger partial charge in [0.25, 0.3) is 0 Å². The second-order valence-electron chi connectivity index (χ2n) is 8.81. The minimum absolute atomic E-state index is 0.241. The summed E-state index contributed by atoms with van der Waals surface area (Å²) in [6.07, 6.45) is 9.96. The number of ether oxygens (including phenoxy) is 1. The molecule has 2 aromatic heterocycles. The Morgan fingerprint density at radius 3 is 2.50 bits per heavy atom. The Morgan fingerprint density at radius 2 is 1.81 bits per heavy atom. The lowest BCUT2D eigenvalue weighted by atomic mass is 9.53. The zero-order valence-electron chi connectivity index (χ0n) is 15.1. The molecular weight excluding hydrogens is 324 g/mol. The first-order valence-electron chi connectivity index (χ1n) is 9.80. The summed E-state index contributed by atoms with van der Waals surface area (Å²) < 4.78 is 5.39. The van der Waals surface area contributed by atoms with Crippen LogP contribution < -0.4 is 10.1 Å². The van der Waals surface area contributed by atoms with E-state index in [1.54, 1.807) is 13.4 Å². The third-order valence-electron chi connectivity index (χ3n) is 7.01. The predicted octanol–water partition coefficient (Wildman–Crippen LogP) is 4.50. The van der Waals surface area contributed by atoms with Gasteiger partial charge in [-0.25, -0.2) is 9.97 Å². The van der Waals surface area contributed by atoms with Crippen molar-refractivity contribution in [3.63, 3.8) is 0 Å². The third kappa shape index (κ3) is 2.09. The highest BCUT2D eigenvalue weighted by molar-refractivity contribution is 6.08. The van der Waals surface area contributed by atoms with E-state index in [-0.39, 0.29) is 5.54 Å². The monoisotopic (exact) mass is 348 g/mol. The van der Waals surface area contributed by atoms with E-state index < -0.39 is 0 Å². The Labute approximate surface area is 152 Å². The summed E-state index contributed by atoms with van der Waals surface area (Å²) in [5, 5.41) is 5.00. The van der Waals surface area contributed by atoms with Crippen LogP contribution in [-0.2, 0) is 0 Å². The van der Waals surface area contributed by atoms with Crippen LogP contribution in [0.5, 0.6) is 5.75 Å². The Kier molecular flexibility index (Phi) is 2.92. The molecule has 0 spiro atoms. The van der Waals surface area contributed by atoms with Gasteiger partial charge in [-0.2, -0.15) is 0 Å². The van der Waals surface area contributed by atoms with E-state index in [0.717, 1.165) is 51.3 Å². The molecule has 4 fully saturated rings. The third-order valence-corrected chi connectivity index (χ3v) is 7.01. The molecule has 5 nitrogen and oxygen atoms in total. The molecule has 0 atom stereocenters. The number of benzene rings is 1. The van der Waals surface area contributed by atoms with Crippen LogP contribution in [0.25, 0.3) is 21.9 Å². The lowest BCUT2D eigenvalue weighted by Crippen LogP contribution is -2.54. The van der Waals surface area contributed by atoms with Gasteiger partial charge in [0.15, 0.2) is 5.82 Å². The van der Waals surface area contributed by atoms with Crippen molar-refractivity contribution in [2.45, 2.75) is 44.1 Å². The maximum absolute atomic E-state index is 5.39. The molecule has 0 unspecified atom stereocenters. The number of hydrogen-bond donors (Lipinski definition) is 2. The Balaban J connectivity index is 1.44. The van der Waals surface area contributed by atoms with Crippen molar-refractivity contribution in [1.29, 1.82) is 0 Å². The number of nitrogens with zero attached hydrogens (tertiary/aromatic N) is 2. The van der Waals surface area contributed by atoms with Gasteiger partial charge in [-0.05, 0) is 74.5 Å². The molecular formula is C21H24N4O. The fourth-order valence-electron chi connectivity index (χ4n) is 6.41. The van der Waals surface area contributed by atoms with Gasteiger partial charge in [0.05, 0.1) is 7.11 Å². The molecule has 7 rings (SSSR count). The normalized spacial score (nSPS) is 32.4. The highest BCUT2D eigenvalue weighted by atomic mass is 16.5. The summed E-state index contributed by atoms with van der Waals surface area (Å²) in [6, 6.07) is 6.09. The number of H-pyrrole nitrogens is 1. The molecule has 134 valence electrons. The van der Waals surface area contributed by atoms with Crippen LogP contribution in [0.4, 0.5) is 5.82 Å². The first kappa shape index (κ1) is 14.8. The van der Waals surface area contributed by atoms with Gasteiger partial charge in [-0.3, -0.25) is 0 Å². The van der Waals surface area contributed by atoms with Gasteiger partial charge in [0.1, 0.15) is 23.1 Å². The van der Waals surface area contributed by atoms with Crippen molar-refractivity contribution in [2.75, 3.05) is 12.4 Å². The van der Waals surface area contributed by atoms with Gasteiger partial charge in [-0.1, -0.05) is 0 Å². The number of methoxy groups -OCH3 is 1. The molecule has 0 saturated heterocycles. The van der Waals surface area contributed by atoms with Crippen LogP contribution in [0.15, 0.2) is 24.5 Å². The molecule has 5 heteroatoms. The summed E-state index contributed by atoms with van der Waals surface area (Å²) in [7, 11) is 1.70. The van der Waals surface area contributed by atoms with E-state index >= 15 is 0 Å². The standard InChI is InChI=1S/C21H24N4O/c1-26-15-2-3-17-16(7-15)18-19(24-17)20(23-11-22-18)25-21-8-12-4-13(9-21)6-14(5-12)10-21/h2-3,7,11-14,24H,4-6,8-10H2,1H3,(H,22,23,25). The minimum atomic E-state index is 0.241. The number of aromatic nitrogens is 3. The van der Waals surface area contributed by atoms with Crippen molar-refractivity contribution in [2.24, 2.45) is 17.8 Å². The number of fused-ring (bicyclic) bond motifs is 3. The zero-order chi connectivity index (χ0) is 17.3. The molecule has 0 radical (unpaired) electrons. The summed E-state index contributed by atoms with van der Waals surface area (Å²) in [5.41, 5.74) is 3.31. The molecule has 4 aliphatic carbocycles. The quantitative estimate of drug-likeness (QED) is 0.731. The smallest absolute Gasteiger partial charge is 0.154 e. The maximum Gasteiger partial charge on any atom is 0.154 e. The van der Waals surface area contributed by atoms with Crippen LogP contribution in [0.1, 0.15) is 38.5 Å². The highest BCUT2D eigenvalue weighted by Gasteiger charge is 2.51. The molecule has 2 N–H and O–H groups in total. The average Bonchev–Trinajstić information content (AvgIpc) is 2.99. The Bertz CT molecular complexity index is 973. The van der Waals surface area contributed by atoms with E-state index in [0.29, 0.717) is 0 Å². The van der Waals surface area contributed by atoms with Crippen LogP contribution in [0, 0.1) is 17.8 Å². The highest BCUT2D eigenvalue weighted by Crippen LogP contribution is 2.56. The molecule has 3 aromatic rings. The molecule has 4 aliphatic rings. The largest absolute Gasteiger partial charge is 0.497 e. The van der Waals surface area contributed by atoms with Crippen LogP contribution >= 0.6 is 0 Å². The fraction of sp³-hybridized carbons (Fsp3) is 0.524. The zero-order valence-corrected chi connectivity index (χ0v) is 15.1. The van der Waals surface area contributed by atoms with Crippen molar-refractivity contribution in [3.05, 3.63) is 24.5 Å². The molecule has 1 aromatic carbocycles.